The van der Waals surface area contributed by atoms with Gasteiger partial charge in [0.05, 0.1) is 16.1 Å². The molecule has 0 radical (unpaired) electrons. The average molecular weight is 286 g/mol. The maximum atomic E-state index is 6.00. The van der Waals surface area contributed by atoms with Gasteiger partial charge in [0.2, 0.25) is 0 Å². The van der Waals surface area contributed by atoms with Crippen molar-refractivity contribution in [2.45, 2.75) is 19.4 Å². The van der Waals surface area contributed by atoms with Crippen LogP contribution in [0.3, 0.4) is 0 Å². The number of hydrogen-bond acceptors (Lipinski definition) is 2. The van der Waals surface area contributed by atoms with Gasteiger partial charge < -0.3 is 5.32 Å². The van der Waals surface area contributed by atoms with Gasteiger partial charge in [0.25, 0.3) is 0 Å². The molecule has 90 valence electrons. The third-order valence-electron chi connectivity index (χ3n) is 2.56. The van der Waals surface area contributed by atoms with E-state index in [1.807, 2.05) is 18.2 Å². The van der Waals surface area contributed by atoms with Crippen LogP contribution in [0.25, 0.3) is 0 Å². The van der Waals surface area contributed by atoms with Gasteiger partial charge in [-0.25, -0.2) is 0 Å². The molecule has 0 bridgehead atoms. The van der Waals surface area contributed by atoms with Crippen LogP contribution in [0.15, 0.2) is 35.7 Å². The van der Waals surface area contributed by atoms with Gasteiger partial charge in [0.15, 0.2) is 0 Å². The topological polar surface area (TPSA) is 12.0 Å². The Morgan fingerprint density at radius 2 is 2.06 bits per heavy atom. The molecule has 4 heteroatoms. The number of benzene rings is 1. The second-order valence-corrected chi connectivity index (χ2v) is 5.54. The number of halogens is 2. The van der Waals surface area contributed by atoms with E-state index >= 15 is 0 Å². The Hall–Kier alpha value is -0.700. The summed E-state index contributed by atoms with van der Waals surface area (Å²) in [7, 11) is 0. The van der Waals surface area contributed by atoms with Crippen LogP contribution in [0.1, 0.15) is 24.3 Å². The Balaban J connectivity index is 2.16. The fourth-order valence-electron chi connectivity index (χ4n) is 1.65. The molecule has 0 fully saturated rings. The summed E-state index contributed by atoms with van der Waals surface area (Å²) in [5.74, 6) is 0. The monoisotopic (exact) mass is 285 g/mol. The van der Waals surface area contributed by atoms with Crippen LogP contribution in [0.4, 0.5) is 5.69 Å². The first kappa shape index (κ1) is 12.7. The molecule has 1 nitrogen and oxygen atoms in total. The van der Waals surface area contributed by atoms with Gasteiger partial charge >= 0.3 is 0 Å². The van der Waals surface area contributed by atoms with E-state index in [1.54, 1.807) is 11.3 Å². The first-order chi connectivity index (χ1) is 8.20. The lowest BCUT2D eigenvalue weighted by Gasteiger charge is -2.17. The Morgan fingerprint density at radius 1 is 1.24 bits per heavy atom. The fourth-order valence-corrected chi connectivity index (χ4v) is 2.81. The largest absolute Gasteiger partial charge is 0.377 e. The highest BCUT2D eigenvalue weighted by molar-refractivity contribution is 7.10. The highest BCUT2D eigenvalue weighted by atomic mass is 35.5. The molecule has 1 aromatic carbocycles. The van der Waals surface area contributed by atoms with Crippen molar-refractivity contribution >= 4 is 40.2 Å². The predicted octanol–water partition coefficient (Wildman–Crippen LogP) is 5.62. The molecule has 0 aliphatic heterocycles. The highest BCUT2D eigenvalue weighted by Gasteiger charge is 2.10. The lowest BCUT2D eigenvalue weighted by Crippen LogP contribution is -2.07. The molecule has 0 spiro atoms. The molecule has 2 aromatic rings. The van der Waals surface area contributed by atoms with Crippen molar-refractivity contribution in [3.63, 3.8) is 0 Å². The Morgan fingerprint density at radius 3 is 2.65 bits per heavy atom. The maximum absolute atomic E-state index is 6.00. The van der Waals surface area contributed by atoms with Crippen molar-refractivity contribution in [3.8, 4) is 0 Å². The summed E-state index contributed by atoms with van der Waals surface area (Å²) in [5.41, 5.74) is 1.000. The third kappa shape index (κ3) is 3.15. The normalized spacial score (nSPS) is 12.4. The maximum Gasteiger partial charge on any atom is 0.0612 e. The van der Waals surface area contributed by atoms with Crippen molar-refractivity contribution in [1.82, 2.24) is 0 Å². The summed E-state index contributed by atoms with van der Waals surface area (Å²) in [4.78, 5) is 1.33. The van der Waals surface area contributed by atoms with Crippen LogP contribution in [0, 0.1) is 0 Å². The molecule has 1 atom stereocenters. The molecule has 0 saturated heterocycles. The van der Waals surface area contributed by atoms with Gasteiger partial charge in [0.1, 0.15) is 0 Å². The van der Waals surface area contributed by atoms with Crippen molar-refractivity contribution in [2.24, 2.45) is 0 Å². The van der Waals surface area contributed by atoms with Crippen molar-refractivity contribution in [3.05, 3.63) is 50.6 Å². The molecular formula is C13H13Cl2NS. The molecule has 2 rings (SSSR count). The number of rotatable bonds is 4. The summed E-state index contributed by atoms with van der Waals surface area (Å²) in [6.07, 6.45) is 1.03. The van der Waals surface area contributed by atoms with Crippen LogP contribution in [-0.4, -0.2) is 0 Å². The molecule has 1 heterocycles. The minimum absolute atomic E-state index is 0.326. The van der Waals surface area contributed by atoms with E-state index < -0.39 is 0 Å². The smallest absolute Gasteiger partial charge is 0.0612 e. The zero-order valence-electron chi connectivity index (χ0n) is 9.41. The van der Waals surface area contributed by atoms with Crippen molar-refractivity contribution in [1.29, 1.82) is 0 Å². The molecule has 1 unspecified atom stereocenters. The van der Waals surface area contributed by atoms with Crippen LogP contribution >= 0.6 is 34.5 Å². The number of nitrogens with one attached hydrogen (secondary N) is 1. The summed E-state index contributed by atoms with van der Waals surface area (Å²) in [6.45, 7) is 2.16. The molecule has 17 heavy (non-hydrogen) atoms. The van der Waals surface area contributed by atoms with E-state index in [-0.39, 0.29) is 0 Å². The number of thiophene rings is 1. The molecule has 0 saturated carbocycles. The van der Waals surface area contributed by atoms with Gasteiger partial charge in [-0.2, -0.15) is 0 Å². The van der Waals surface area contributed by atoms with Gasteiger partial charge in [-0.15, -0.1) is 11.3 Å². The SMILES string of the molecule is CCC(Nc1ccc(Cl)c(Cl)c1)c1cccs1. The lowest BCUT2D eigenvalue weighted by molar-refractivity contribution is 0.764. The van der Waals surface area contributed by atoms with Crippen molar-refractivity contribution in [2.75, 3.05) is 5.32 Å². The molecule has 1 N–H and O–H groups in total. The van der Waals surface area contributed by atoms with E-state index in [1.165, 1.54) is 4.88 Å². The Labute approximate surface area is 115 Å². The van der Waals surface area contributed by atoms with E-state index in [4.69, 9.17) is 23.2 Å². The van der Waals surface area contributed by atoms with Crippen molar-refractivity contribution < 1.29 is 0 Å². The predicted molar refractivity (Wildman–Crippen MR) is 77.4 cm³/mol. The minimum atomic E-state index is 0.326. The molecular weight excluding hydrogens is 273 g/mol. The Kier molecular flexibility index (Phi) is 4.32. The molecule has 0 amide bonds. The molecule has 1 aromatic heterocycles. The summed E-state index contributed by atoms with van der Waals surface area (Å²) >= 11 is 13.6. The minimum Gasteiger partial charge on any atom is -0.377 e. The Bertz CT molecular complexity index is 482. The highest BCUT2D eigenvalue weighted by Crippen LogP contribution is 2.29. The van der Waals surface area contributed by atoms with Gasteiger partial charge in [-0.05, 0) is 36.1 Å². The van der Waals surface area contributed by atoms with Crippen LogP contribution in [-0.2, 0) is 0 Å². The zero-order valence-corrected chi connectivity index (χ0v) is 11.7. The third-order valence-corrected chi connectivity index (χ3v) is 4.28. The van der Waals surface area contributed by atoms with Gasteiger partial charge in [0, 0.05) is 10.6 Å². The zero-order chi connectivity index (χ0) is 12.3. The van der Waals surface area contributed by atoms with E-state index in [2.05, 4.69) is 29.8 Å². The van der Waals surface area contributed by atoms with E-state index in [0.29, 0.717) is 16.1 Å². The summed E-state index contributed by atoms with van der Waals surface area (Å²) in [5, 5.41) is 6.72. The second-order valence-electron chi connectivity index (χ2n) is 3.75. The second kappa shape index (κ2) is 5.76. The van der Waals surface area contributed by atoms with E-state index in [9.17, 15) is 0 Å². The van der Waals surface area contributed by atoms with E-state index in [0.717, 1.165) is 12.1 Å². The average Bonchev–Trinajstić information content (AvgIpc) is 2.84. The number of anilines is 1. The quantitative estimate of drug-likeness (QED) is 0.769. The first-order valence-corrected chi connectivity index (χ1v) is 7.09. The van der Waals surface area contributed by atoms with Crippen LogP contribution in [0.2, 0.25) is 10.0 Å². The van der Waals surface area contributed by atoms with Gasteiger partial charge in [-0.1, -0.05) is 36.2 Å². The molecule has 0 aliphatic rings. The lowest BCUT2D eigenvalue weighted by atomic mass is 10.1. The fraction of sp³-hybridized carbons (Fsp3) is 0.231. The van der Waals surface area contributed by atoms with Crippen LogP contribution in [0.5, 0.6) is 0 Å². The summed E-state index contributed by atoms with van der Waals surface area (Å²) in [6, 6.07) is 10.2. The summed E-state index contributed by atoms with van der Waals surface area (Å²) < 4.78 is 0. The first-order valence-electron chi connectivity index (χ1n) is 5.45. The standard InChI is InChI=1S/C13H13Cl2NS/c1-2-12(13-4-3-7-17-13)16-9-5-6-10(14)11(15)8-9/h3-8,12,16H,2H2,1H3. The van der Waals surface area contributed by atoms with Gasteiger partial charge in [-0.3, -0.25) is 0 Å². The van der Waals surface area contributed by atoms with Crippen LogP contribution < -0.4 is 5.32 Å². The molecule has 0 aliphatic carbocycles. The number of hydrogen-bond donors (Lipinski definition) is 1.